The number of carbonyl (C=O) groups excluding carboxylic acids is 2. The predicted octanol–water partition coefficient (Wildman–Crippen LogP) is 1.80. The summed E-state index contributed by atoms with van der Waals surface area (Å²) >= 11 is 0. The van der Waals surface area contributed by atoms with Crippen molar-refractivity contribution in [2.24, 2.45) is 0 Å². The average molecular weight is 412 g/mol. The molecule has 1 aliphatic rings. The fraction of sp³-hybridized carbons (Fsp3) is 0.435. The number of benzene rings is 1. The number of hydrogen-bond donors (Lipinski definition) is 0. The van der Waals surface area contributed by atoms with Gasteiger partial charge in [0.2, 0.25) is 5.91 Å². The van der Waals surface area contributed by atoms with Crippen LogP contribution >= 0.6 is 0 Å². The highest BCUT2D eigenvalue weighted by Crippen LogP contribution is 2.11. The van der Waals surface area contributed by atoms with Gasteiger partial charge in [-0.15, -0.1) is 0 Å². The molecule has 1 fully saturated rings. The Kier molecular flexibility index (Phi) is 7.79. The summed E-state index contributed by atoms with van der Waals surface area (Å²) in [6.07, 6.45) is 3.83. The molecule has 0 spiro atoms. The van der Waals surface area contributed by atoms with E-state index in [0.29, 0.717) is 51.3 Å². The van der Waals surface area contributed by atoms with Crippen molar-refractivity contribution in [1.82, 2.24) is 14.4 Å². The molecule has 0 saturated carbocycles. The van der Waals surface area contributed by atoms with E-state index >= 15 is 0 Å². The van der Waals surface area contributed by atoms with Gasteiger partial charge in [-0.1, -0.05) is 30.3 Å². The van der Waals surface area contributed by atoms with Crippen LogP contribution in [0.5, 0.6) is 0 Å². The first-order valence-electron chi connectivity index (χ1n) is 10.4. The van der Waals surface area contributed by atoms with Crippen LogP contribution in [-0.2, 0) is 22.5 Å². The molecule has 7 heteroatoms. The molecular formula is C23H29N3O4. The number of piperazine rings is 1. The van der Waals surface area contributed by atoms with Crippen molar-refractivity contribution in [3.8, 4) is 0 Å². The zero-order valence-electron chi connectivity index (χ0n) is 17.5. The van der Waals surface area contributed by atoms with Crippen LogP contribution in [-0.4, -0.2) is 66.1 Å². The van der Waals surface area contributed by atoms with E-state index in [-0.39, 0.29) is 17.4 Å². The molecule has 0 radical (unpaired) electrons. The smallest absolute Gasteiger partial charge is 0.255 e. The van der Waals surface area contributed by atoms with E-state index in [0.717, 1.165) is 12.8 Å². The molecule has 7 nitrogen and oxygen atoms in total. The predicted molar refractivity (Wildman–Crippen MR) is 114 cm³/mol. The largest absolute Gasteiger partial charge is 0.383 e. The molecule has 1 saturated heterocycles. The highest BCUT2D eigenvalue weighted by atomic mass is 16.5. The Morgan fingerprint density at radius 3 is 2.37 bits per heavy atom. The van der Waals surface area contributed by atoms with Crippen molar-refractivity contribution >= 4 is 11.8 Å². The lowest BCUT2D eigenvalue weighted by Gasteiger charge is -2.35. The Morgan fingerprint density at radius 1 is 0.967 bits per heavy atom. The minimum atomic E-state index is -0.158. The van der Waals surface area contributed by atoms with Crippen molar-refractivity contribution in [3.63, 3.8) is 0 Å². The van der Waals surface area contributed by atoms with Gasteiger partial charge in [0.1, 0.15) is 0 Å². The second-order valence-electron chi connectivity index (χ2n) is 7.45. The average Bonchev–Trinajstić information content (AvgIpc) is 2.79. The number of nitrogens with zero attached hydrogens (tertiary/aromatic N) is 3. The van der Waals surface area contributed by atoms with Crippen LogP contribution in [0.3, 0.4) is 0 Å². The lowest BCUT2D eigenvalue weighted by Crippen LogP contribution is -2.50. The minimum Gasteiger partial charge on any atom is -0.383 e. The summed E-state index contributed by atoms with van der Waals surface area (Å²) in [6.45, 7) is 2.89. The third-order valence-corrected chi connectivity index (χ3v) is 5.39. The second-order valence-corrected chi connectivity index (χ2v) is 7.45. The Hall–Kier alpha value is -2.93. The van der Waals surface area contributed by atoms with Crippen LogP contribution in [0.1, 0.15) is 28.8 Å². The van der Waals surface area contributed by atoms with Gasteiger partial charge in [-0.05, 0) is 24.5 Å². The maximum atomic E-state index is 12.8. The minimum absolute atomic E-state index is 0.114. The zero-order valence-corrected chi connectivity index (χ0v) is 17.5. The van der Waals surface area contributed by atoms with Crippen molar-refractivity contribution < 1.29 is 14.3 Å². The van der Waals surface area contributed by atoms with E-state index in [1.807, 2.05) is 23.1 Å². The van der Waals surface area contributed by atoms with Gasteiger partial charge in [-0.25, -0.2) is 0 Å². The fourth-order valence-electron chi connectivity index (χ4n) is 3.61. The monoisotopic (exact) mass is 411 g/mol. The number of ether oxygens (including phenoxy) is 1. The Balaban J connectivity index is 1.48. The van der Waals surface area contributed by atoms with Crippen LogP contribution in [0.4, 0.5) is 0 Å². The molecule has 2 heterocycles. The van der Waals surface area contributed by atoms with Crippen LogP contribution in [0.25, 0.3) is 0 Å². The molecule has 0 aliphatic carbocycles. The molecule has 2 aromatic rings. The van der Waals surface area contributed by atoms with E-state index in [4.69, 9.17) is 4.74 Å². The molecule has 0 atom stereocenters. The Morgan fingerprint density at radius 2 is 1.67 bits per heavy atom. The van der Waals surface area contributed by atoms with Crippen molar-refractivity contribution in [3.05, 3.63) is 70.1 Å². The van der Waals surface area contributed by atoms with Gasteiger partial charge >= 0.3 is 0 Å². The molecule has 3 rings (SSSR count). The third kappa shape index (κ3) is 5.79. The topological polar surface area (TPSA) is 71.8 Å². The molecule has 1 aromatic heterocycles. The normalized spacial score (nSPS) is 14.0. The quantitative estimate of drug-likeness (QED) is 0.664. The molecule has 0 bridgehead atoms. The van der Waals surface area contributed by atoms with Gasteiger partial charge in [0.15, 0.2) is 0 Å². The lowest BCUT2D eigenvalue weighted by molar-refractivity contribution is -0.132. The van der Waals surface area contributed by atoms with E-state index in [1.54, 1.807) is 24.3 Å². The van der Waals surface area contributed by atoms with Crippen molar-refractivity contribution in [2.75, 3.05) is 39.9 Å². The number of rotatable bonds is 8. The molecule has 160 valence electrons. The number of amides is 2. The first kappa shape index (κ1) is 21.8. The molecule has 30 heavy (non-hydrogen) atoms. The number of aromatic nitrogens is 1. The van der Waals surface area contributed by atoms with Crippen LogP contribution in [0.2, 0.25) is 0 Å². The number of hydrogen-bond acceptors (Lipinski definition) is 4. The summed E-state index contributed by atoms with van der Waals surface area (Å²) in [5.74, 6) is 0.0310. The summed E-state index contributed by atoms with van der Waals surface area (Å²) in [6, 6.07) is 13.1. The maximum Gasteiger partial charge on any atom is 0.255 e. The molecule has 0 N–H and O–H groups in total. The first-order valence-corrected chi connectivity index (χ1v) is 10.4. The van der Waals surface area contributed by atoms with E-state index in [9.17, 15) is 14.4 Å². The van der Waals surface area contributed by atoms with E-state index in [1.165, 1.54) is 16.2 Å². The molecular weight excluding hydrogens is 382 g/mol. The molecule has 2 amide bonds. The number of methoxy groups -OCH3 is 1. The maximum absolute atomic E-state index is 12.8. The summed E-state index contributed by atoms with van der Waals surface area (Å²) in [5, 5.41) is 0. The Labute approximate surface area is 176 Å². The van der Waals surface area contributed by atoms with Gasteiger partial charge in [-0.2, -0.15) is 0 Å². The fourth-order valence-corrected chi connectivity index (χ4v) is 3.61. The van der Waals surface area contributed by atoms with E-state index in [2.05, 4.69) is 12.1 Å². The van der Waals surface area contributed by atoms with Gasteiger partial charge in [0.25, 0.3) is 11.5 Å². The molecule has 1 aliphatic heterocycles. The molecule has 1 aromatic carbocycles. The number of aryl methyl sites for hydroxylation is 1. The third-order valence-electron chi connectivity index (χ3n) is 5.39. The van der Waals surface area contributed by atoms with E-state index < -0.39 is 0 Å². The SMILES string of the molecule is COCCn1cc(C(=O)N2CCN(C(=O)CCCc3ccccc3)CC2)ccc1=O. The van der Waals surface area contributed by atoms with Gasteiger partial charge in [0, 0.05) is 58.5 Å². The van der Waals surface area contributed by atoms with Gasteiger partial charge in [0.05, 0.1) is 12.2 Å². The zero-order chi connectivity index (χ0) is 21.3. The lowest BCUT2D eigenvalue weighted by atomic mass is 10.1. The highest BCUT2D eigenvalue weighted by molar-refractivity contribution is 5.94. The van der Waals surface area contributed by atoms with Crippen LogP contribution < -0.4 is 5.56 Å². The molecule has 0 unspecified atom stereocenters. The van der Waals surface area contributed by atoms with Gasteiger partial charge < -0.3 is 19.1 Å². The Bertz CT molecular complexity index is 902. The van der Waals surface area contributed by atoms with Crippen molar-refractivity contribution in [2.45, 2.75) is 25.8 Å². The summed E-state index contributed by atoms with van der Waals surface area (Å²) in [5.41, 5.74) is 1.57. The van der Waals surface area contributed by atoms with Crippen LogP contribution in [0, 0.1) is 0 Å². The number of carbonyl (C=O) groups is 2. The second kappa shape index (κ2) is 10.7. The number of pyridine rings is 1. The van der Waals surface area contributed by atoms with Crippen LogP contribution in [0.15, 0.2) is 53.5 Å². The summed E-state index contributed by atoms with van der Waals surface area (Å²) < 4.78 is 6.50. The highest BCUT2D eigenvalue weighted by Gasteiger charge is 2.25. The van der Waals surface area contributed by atoms with Crippen molar-refractivity contribution in [1.29, 1.82) is 0 Å². The first-order chi connectivity index (χ1) is 14.6. The standard InChI is InChI=1S/C23H29N3O4/c1-30-17-16-26-18-20(10-11-22(26)28)23(29)25-14-12-24(13-15-25)21(27)9-5-8-19-6-3-2-4-7-19/h2-4,6-7,10-11,18H,5,8-9,12-17H2,1H3. The summed E-state index contributed by atoms with van der Waals surface area (Å²) in [4.78, 5) is 40.8. The summed E-state index contributed by atoms with van der Waals surface area (Å²) in [7, 11) is 1.57. The van der Waals surface area contributed by atoms with Gasteiger partial charge in [-0.3, -0.25) is 14.4 Å².